The number of nitrogens with two attached hydrogens (primary N) is 1. The summed E-state index contributed by atoms with van der Waals surface area (Å²) in [6, 6.07) is 0.766. The number of hydrogen-bond acceptors (Lipinski definition) is 2. The first-order valence-corrected chi connectivity index (χ1v) is 7.07. The van der Waals surface area contributed by atoms with E-state index in [1.54, 1.807) is 0 Å². The monoisotopic (exact) mass is 230 g/mol. The zero-order valence-corrected chi connectivity index (χ0v) is 12.3. The molecule has 0 aromatic carbocycles. The van der Waals surface area contributed by atoms with Crippen molar-refractivity contribution in [2.45, 2.75) is 72.3 Å². The summed E-state index contributed by atoms with van der Waals surface area (Å²) in [6.45, 7) is 10.9. The molecule has 0 unspecified atom stereocenters. The molecule has 0 aromatic heterocycles. The van der Waals surface area contributed by atoms with Crippen molar-refractivity contribution >= 4 is 0 Å². The van der Waals surface area contributed by atoms with E-state index >= 15 is 0 Å². The lowest BCUT2D eigenvalue weighted by Crippen LogP contribution is -2.31. The van der Waals surface area contributed by atoms with Gasteiger partial charge in [-0.2, -0.15) is 0 Å². The van der Waals surface area contributed by atoms with Gasteiger partial charge in [0.15, 0.2) is 0 Å². The summed E-state index contributed by atoms with van der Waals surface area (Å²) in [6.07, 6.45) is 7.55. The predicted octanol–water partition coefficient (Wildman–Crippen LogP) is 3.65. The van der Waals surface area contributed by atoms with Crippen molar-refractivity contribution in [3.63, 3.8) is 0 Å². The molecular weight excluding hydrogens is 196 g/mol. The molecule has 0 atom stereocenters. The lowest BCUT2D eigenvalue weighted by atomic mass is 10.1. The zero-order valence-electron chi connectivity index (χ0n) is 12.3. The Kier molecular flexibility index (Phi) is 17.1. The fourth-order valence-electron chi connectivity index (χ4n) is 1.60. The molecule has 0 amide bonds. The fourth-order valence-corrected chi connectivity index (χ4v) is 1.60. The topological polar surface area (TPSA) is 29.3 Å². The average Bonchev–Trinajstić information content (AvgIpc) is 2.31. The van der Waals surface area contributed by atoms with Crippen molar-refractivity contribution in [3.8, 4) is 0 Å². The van der Waals surface area contributed by atoms with Gasteiger partial charge in [0, 0.05) is 6.04 Å². The fraction of sp³-hybridized carbons (Fsp3) is 1.00. The quantitative estimate of drug-likeness (QED) is 0.645. The molecule has 16 heavy (non-hydrogen) atoms. The standard InChI is InChI=1S/C10H24N2.C4H10/c1-4-10(5-2)12(3)9-7-6-8-11;1-3-4-2/h10H,4-9,11H2,1-3H3;3-4H2,1-2H3. The highest BCUT2D eigenvalue weighted by Crippen LogP contribution is 2.06. The molecule has 0 aliphatic rings. The molecule has 0 aliphatic heterocycles. The van der Waals surface area contributed by atoms with Crippen LogP contribution in [0.25, 0.3) is 0 Å². The number of rotatable bonds is 8. The molecule has 0 radical (unpaired) electrons. The van der Waals surface area contributed by atoms with Crippen LogP contribution >= 0.6 is 0 Å². The third-order valence-electron chi connectivity index (χ3n) is 3.03. The van der Waals surface area contributed by atoms with Gasteiger partial charge in [0.05, 0.1) is 0 Å². The van der Waals surface area contributed by atoms with Gasteiger partial charge >= 0.3 is 0 Å². The molecule has 0 aromatic rings. The van der Waals surface area contributed by atoms with Crippen LogP contribution in [0.5, 0.6) is 0 Å². The van der Waals surface area contributed by atoms with Crippen LogP contribution in [-0.4, -0.2) is 31.1 Å². The van der Waals surface area contributed by atoms with Gasteiger partial charge in [-0.15, -0.1) is 0 Å². The van der Waals surface area contributed by atoms with Crippen molar-refractivity contribution in [1.29, 1.82) is 0 Å². The van der Waals surface area contributed by atoms with E-state index in [0.29, 0.717) is 0 Å². The minimum absolute atomic E-state index is 0.766. The summed E-state index contributed by atoms with van der Waals surface area (Å²) in [7, 11) is 2.22. The molecule has 100 valence electrons. The van der Waals surface area contributed by atoms with E-state index in [0.717, 1.165) is 19.0 Å². The second-order valence-electron chi connectivity index (χ2n) is 4.45. The number of hydrogen-bond donors (Lipinski definition) is 1. The first-order valence-electron chi connectivity index (χ1n) is 7.07. The molecule has 0 aliphatic carbocycles. The van der Waals surface area contributed by atoms with Gasteiger partial charge < -0.3 is 10.6 Å². The maximum Gasteiger partial charge on any atom is 0.00869 e. The molecule has 0 saturated heterocycles. The van der Waals surface area contributed by atoms with E-state index in [-0.39, 0.29) is 0 Å². The maximum absolute atomic E-state index is 5.44. The summed E-state index contributed by atoms with van der Waals surface area (Å²) in [4.78, 5) is 2.45. The van der Waals surface area contributed by atoms with Crippen LogP contribution < -0.4 is 5.73 Å². The number of nitrogens with zero attached hydrogens (tertiary/aromatic N) is 1. The Bertz CT molecular complexity index is 109. The van der Waals surface area contributed by atoms with Crippen LogP contribution in [0.4, 0.5) is 0 Å². The lowest BCUT2D eigenvalue weighted by Gasteiger charge is -2.25. The highest BCUT2D eigenvalue weighted by atomic mass is 15.1. The minimum atomic E-state index is 0.766. The van der Waals surface area contributed by atoms with Crippen molar-refractivity contribution in [1.82, 2.24) is 4.90 Å². The SMILES string of the molecule is CCC(CC)N(C)CCCCN.CCCC. The van der Waals surface area contributed by atoms with Crippen molar-refractivity contribution < 1.29 is 0 Å². The first-order chi connectivity index (χ1) is 7.67. The smallest absolute Gasteiger partial charge is 0.00869 e. The third kappa shape index (κ3) is 12.0. The van der Waals surface area contributed by atoms with Gasteiger partial charge in [0.1, 0.15) is 0 Å². The predicted molar refractivity (Wildman–Crippen MR) is 75.9 cm³/mol. The Morgan fingerprint density at radius 1 is 0.938 bits per heavy atom. The van der Waals surface area contributed by atoms with E-state index in [2.05, 4.69) is 39.6 Å². The summed E-state index contributed by atoms with van der Waals surface area (Å²) >= 11 is 0. The highest BCUT2D eigenvalue weighted by Gasteiger charge is 2.08. The van der Waals surface area contributed by atoms with E-state index in [9.17, 15) is 0 Å². The van der Waals surface area contributed by atoms with E-state index in [4.69, 9.17) is 5.73 Å². The van der Waals surface area contributed by atoms with E-state index in [1.807, 2.05) is 0 Å². The minimum Gasteiger partial charge on any atom is -0.330 e. The molecule has 0 fully saturated rings. The number of unbranched alkanes of at least 4 members (excludes halogenated alkanes) is 2. The van der Waals surface area contributed by atoms with Crippen LogP contribution in [0.2, 0.25) is 0 Å². The molecule has 0 saturated carbocycles. The van der Waals surface area contributed by atoms with Gasteiger partial charge in [-0.3, -0.25) is 0 Å². The molecule has 2 N–H and O–H groups in total. The Morgan fingerprint density at radius 2 is 1.44 bits per heavy atom. The Balaban J connectivity index is 0. The van der Waals surface area contributed by atoms with Crippen LogP contribution in [0.15, 0.2) is 0 Å². The van der Waals surface area contributed by atoms with Gasteiger partial charge in [0.2, 0.25) is 0 Å². The molecule has 2 heteroatoms. The van der Waals surface area contributed by atoms with Crippen LogP contribution in [-0.2, 0) is 0 Å². The third-order valence-corrected chi connectivity index (χ3v) is 3.03. The summed E-state index contributed by atoms with van der Waals surface area (Å²) in [5.41, 5.74) is 5.44. The second kappa shape index (κ2) is 14.9. The molecule has 2 nitrogen and oxygen atoms in total. The zero-order chi connectivity index (χ0) is 12.8. The summed E-state index contributed by atoms with van der Waals surface area (Å²) in [5.74, 6) is 0. The van der Waals surface area contributed by atoms with E-state index < -0.39 is 0 Å². The highest BCUT2D eigenvalue weighted by molar-refractivity contribution is 4.64. The van der Waals surface area contributed by atoms with Crippen molar-refractivity contribution in [2.75, 3.05) is 20.1 Å². The normalized spacial score (nSPS) is 10.5. The van der Waals surface area contributed by atoms with Crippen LogP contribution in [0, 0.1) is 0 Å². The largest absolute Gasteiger partial charge is 0.330 e. The second-order valence-corrected chi connectivity index (χ2v) is 4.45. The molecule has 0 bridgehead atoms. The maximum atomic E-state index is 5.44. The van der Waals surface area contributed by atoms with Gasteiger partial charge in [-0.1, -0.05) is 40.5 Å². The van der Waals surface area contributed by atoms with Gasteiger partial charge in [0.25, 0.3) is 0 Å². The average molecular weight is 230 g/mol. The molecule has 0 spiro atoms. The molecule has 0 rings (SSSR count). The van der Waals surface area contributed by atoms with Crippen molar-refractivity contribution in [2.24, 2.45) is 5.73 Å². The summed E-state index contributed by atoms with van der Waals surface area (Å²) < 4.78 is 0. The lowest BCUT2D eigenvalue weighted by molar-refractivity contribution is 0.226. The van der Waals surface area contributed by atoms with Crippen molar-refractivity contribution in [3.05, 3.63) is 0 Å². The van der Waals surface area contributed by atoms with Gasteiger partial charge in [-0.25, -0.2) is 0 Å². The first kappa shape index (κ1) is 18.3. The van der Waals surface area contributed by atoms with Crippen LogP contribution in [0.1, 0.15) is 66.2 Å². The Hall–Kier alpha value is -0.0800. The summed E-state index contributed by atoms with van der Waals surface area (Å²) in [5, 5.41) is 0. The van der Waals surface area contributed by atoms with Gasteiger partial charge in [-0.05, 0) is 45.8 Å². The van der Waals surface area contributed by atoms with E-state index in [1.165, 1.54) is 38.6 Å². The molecular formula is C14H34N2. The van der Waals surface area contributed by atoms with Crippen LogP contribution in [0.3, 0.4) is 0 Å². The Labute approximate surface area is 104 Å². The molecule has 0 heterocycles. The Morgan fingerprint density at radius 3 is 1.75 bits per heavy atom.